The molecule has 1 aromatic carbocycles. The van der Waals surface area contributed by atoms with Crippen LogP contribution in [-0.4, -0.2) is 32.4 Å². The number of hydrogen-bond acceptors (Lipinski definition) is 4. The van der Waals surface area contributed by atoms with Crippen LogP contribution < -0.4 is 10.1 Å². The second-order valence-electron chi connectivity index (χ2n) is 3.62. The van der Waals surface area contributed by atoms with Crippen molar-refractivity contribution in [2.24, 2.45) is 0 Å². The van der Waals surface area contributed by atoms with Crippen LogP contribution >= 0.6 is 0 Å². The van der Waals surface area contributed by atoms with E-state index in [2.05, 4.69) is 5.32 Å². The van der Waals surface area contributed by atoms with Gasteiger partial charge in [0, 0.05) is 12.7 Å². The molecule has 1 rings (SSSR count). The number of nitrogens with one attached hydrogen (secondary N) is 1. The maximum Gasteiger partial charge on any atom is 0.264 e. The molecule has 6 heteroatoms. The topological polar surface area (TPSA) is 75.6 Å². The van der Waals surface area contributed by atoms with Crippen LogP contribution in [0.1, 0.15) is 12.8 Å². The Morgan fingerprint density at radius 3 is 2.41 bits per heavy atom. The van der Waals surface area contributed by atoms with Crippen LogP contribution in [0, 0.1) is 0 Å². The summed E-state index contributed by atoms with van der Waals surface area (Å²) in [7, 11) is -2.00. The van der Waals surface area contributed by atoms with Gasteiger partial charge in [0.1, 0.15) is 5.75 Å². The van der Waals surface area contributed by atoms with Crippen LogP contribution in [-0.2, 0) is 10.1 Å². The maximum absolute atomic E-state index is 10.4. The van der Waals surface area contributed by atoms with Crippen LogP contribution in [0.3, 0.4) is 0 Å². The van der Waals surface area contributed by atoms with E-state index in [0.29, 0.717) is 19.4 Å². The molecule has 0 radical (unpaired) electrons. The van der Waals surface area contributed by atoms with Gasteiger partial charge >= 0.3 is 0 Å². The van der Waals surface area contributed by atoms with Gasteiger partial charge in [-0.3, -0.25) is 4.55 Å². The predicted octanol–water partition coefficient (Wildman–Crippen LogP) is 1.78. The van der Waals surface area contributed by atoms with Gasteiger partial charge in [-0.25, -0.2) is 0 Å². The smallest absolute Gasteiger partial charge is 0.264 e. The zero-order valence-corrected chi connectivity index (χ0v) is 10.5. The van der Waals surface area contributed by atoms with Crippen molar-refractivity contribution in [3.63, 3.8) is 0 Å². The van der Waals surface area contributed by atoms with Crippen LogP contribution in [0.25, 0.3) is 0 Å². The summed E-state index contributed by atoms with van der Waals surface area (Å²) in [5.41, 5.74) is 1.00. The molecule has 0 saturated heterocycles. The van der Waals surface area contributed by atoms with Crippen molar-refractivity contribution in [3.05, 3.63) is 24.3 Å². The van der Waals surface area contributed by atoms with Gasteiger partial charge in [-0.2, -0.15) is 8.42 Å². The number of hydrogen-bond donors (Lipinski definition) is 2. The highest BCUT2D eigenvalue weighted by Gasteiger charge is 2.03. The Morgan fingerprint density at radius 1 is 1.24 bits per heavy atom. The molecule has 0 unspecified atom stereocenters. The molecule has 0 bridgehead atoms. The van der Waals surface area contributed by atoms with Gasteiger partial charge < -0.3 is 10.1 Å². The van der Waals surface area contributed by atoms with Crippen molar-refractivity contribution in [1.29, 1.82) is 0 Å². The summed E-state index contributed by atoms with van der Waals surface area (Å²) >= 11 is 0. The molecule has 0 aliphatic carbocycles. The molecule has 0 fully saturated rings. The molecule has 17 heavy (non-hydrogen) atoms. The lowest BCUT2D eigenvalue weighted by Gasteiger charge is -2.06. The lowest BCUT2D eigenvalue weighted by atomic mass is 10.3. The molecule has 5 nitrogen and oxygen atoms in total. The van der Waals surface area contributed by atoms with Crippen molar-refractivity contribution < 1.29 is 17.7 Å². The summed E-state index contributed by atoms with van der Waals surface area (Å²) in [5.74, 6) is 0.533. The zero-order chi connectivity index (χ0) is 12.7. The van der Waals surface area contributed by atoms with E-state index in [4.69, 9.17) is 9.29 Å². The largest absolute Gasteiger partial charge is 0.494 e. The highest BCUT2D eigenvalue weighted by Crippen LogP contribution is 2.15. The van der Waals surface area contributed by atoms with Crippen LogP contribution in [0.15, 0.2) is 24.3 Å². The number of ether oxygens (including phenoxy) is 1. The van der Waals surface area contributed by atoms with E-state index in [9.17, 15) is 8.42 Å². The number of unbranched alkanes of at least 4 members (excludes halogenated alkanes) is 1. The van der Waals surface area contributed by atoms with Crippen molar-refractivity contribution in [1.82, 2.24) is 0 Å². The van der Waals surface area contributed by atoms with Crippen LogP contribution in [0.4, 0.5) is 5.69 Å². The monoisotopic (exact) mass is 259 g/mol. The molecule has 2 N–H and O–H groups in total. The lowest BCUT2D eigenvalue weighted by Crippen LogP contribution is -2.06. The van der Waals surface area contributed by atoms with Crippen molar-refractivity contribution in [3.8, 4) is 5.75 Å². The van der Waals surface area contributed by atoms with Gasteiger partial charge in [-0.15, -0.1) is 0 Å². The Hall–Kier alpha value is -1.27. The van der Waals surface area contributed by atoms with E-state index in [1.807, 2.05) is 31.3 Å². The highest BCUT2D eigenvalue weighted by molar-refractivity contribution is 7.85. The van der Waals surface area contributed by atoms with Crippen LogP contribution in [0.2, 0.25) is 0 Å². The molecule has 0 aromatic heterocycles. The first-order valence-electron chi connectivity index (χ1n) is 5.37. The van der Waals surface area contributed by atoms with Gasteiger partial charge in [-0.1, -0.05) is 0 Å². The van der Waals surface area contributed by atoms with Crippen molar-refractivity contribution in [2.75, 3.05) is 24.7 Å². The molecular formula is C11H17NO4S. The molecule has 0 atom stereocenters. The fourth-order valence-electron chi connectivity index (χ4n) is 1.29. The van der Waals surface area contributed by atoms with Gasteiger partial charge in [0.05, 0.1) is 12.4 Å². The average molecular weight is 259 g/mol. The third-order valence-electron chi connectivity index (χ3n) is 2.21. The first kappa shape index (κ1) is 13.8. The standard InChI is InChI=1S/C11H17NO4S/c1-12-10-4-6-11(7-5-10)16-8-2-3-9-17(13,14)15/h4-7,12H,2-3,8-9H2,1H3,(H,13,14,15). The van der Waals surface area contributed by atoms with Crippen LogP contribution in [0.5, 0.6) is 5.75 Å². The second-order valence-corrected chi connectivity index (χ2v) is 5.19. The lowest BCUT2D eigenvalue weighted by molar-refractivity contribution is 0.309. The third kappa shape index (κ3) is 6.13. The number of rotatable bonds is 7. The molecule has 0 amide bonds. The molecular weight excluding hydrogens is 242 g/mol. The number of benzene rings is 1. The summed E-state index contributed by atoms with van der Waals surface area (Å²) in [6.45, 7) is 0.439. The minimum absolute atomic E-state index is 0.213. The molecule has 0 aliphatic rings. The van der Waals surface area contributed by atoms with Crippen molar-refractivity contribution >= 4 is 15.8 Å². The number of anilines is 1. The minimum Gasteiger partial charge on any atom is -0.494 e. The van der Waals surface area contributed by atoms with Crippen molar-refractivity contribution in [2.45, 2.75) is 12.8 Å². The first-order chi connectivity index (χ1) is 8.01. The van der Waals surface area contributed by atoms with E-state index < -0.39 is 10.1 Å². The van der Waals surface area contributed by atoms with Gasteiger partial charge in [-0.05, 0) is 37.1 Å². The molecule has 0 saturated carbocycles. The molecule has 0 aliphatic heterocycles. The zero-order valence-electron chi connectivity index (χ0n) is 9.72. The molecule has 1 aromatic rings. The van der Waals surface area contributed by atoms with E-state index in [-0.39, 0.29) is 5.75 Å². The van der Waals surface area contributed by atoms with E-state index in [1.54, 1.807) is 0 Å². The van der Waals surface area contributed by atoms with Gasteiger partial charge in [0.25, 0.3) is 10.1 Å². The summed E-state index contributed by atoms with van der Waals surface area (Å²) in [6.07, 6.45) is 0.987. The van der Waals surface area contributed by atoms with Gasteiger partial charge in [0.2, 0.25) is 0 Å². The second kappa shape index (κ2) is 6.46. The minimum atomic E-state index is -3.84. The Morgan fingerprint density at radius 2 is 1.88 bits per heavy atom. The molecule has 0 heterocycles. The summed E-state index contributed by atoms with van der Waals surface area (Å²) in [6, 6.07) is 7.48. The van der Waals surface area contributed by atoms with E-state index >= 15 is 0 Å². The van der Waals surface area contributed by atoms with E-state index in [0.717, 1.165) is 11.4 Å². The SMILES string of the molecule is CNc1ccc(OCCCCS(=O)(=O)O)cc1. The quantitative estimate of drug-likeness (QED) is 0.576. The summed E-state index contributed by atoms with van der Waals surface area (Å²) in [5, 5.41) is 3.00. The Labute approximate surface area is 102 Å². The normalized spacial score (nSPS) is 11.2. The predicted molar refractivity (Wildman–Crippen MR) is 67.1 cm³/mol. The fourth-order valence-corrected chi connectivity index (χ4v) is 1.86. The Balaban J connectivity index is 2.22. The highest BCUT2D eigenvalue weighted by atomic mass is 32.2. The summed E-state index contributed by atoms with van der Waals surface area (Å²) < 4.78 is 34.8. The summed E-state index contributed by atoms with van der Waals surface area (Å²) in [4.78, 5) is 0. The first-order valence-corrected chi connectivity index (χ1v) is 6.98. The Bertz CT molecular complexity index is 427. The molecule has 0 spiro atoms. The fraction of sp³-hybridized carbons (Fsp3) is 0.455. The maximum atomic E-state index is 10.4. The Kier molecular flexibility index (Phi) is 5.24. The van der Waals surface area contributed by atoms with Gasteiger partial charge in [0.15, 0.2) is 0 Å². The third-order valence-corrected chi connectivity index (χ3v) is 3.01. The average Bonchev–Trinajstić information content (AvgIpc) is 2.28. The van der Waals surface area contributed by atoms with E-state index in [1.165, 1.54) is 0 Å². The molecule has 96 valence electrons.